The van der Waals surface area contributed by atoms with Crippen LogP contribution in [0, 0.1) is 0 Å². The number of rotatable bonds is 11. The molecule has 0 fully saturated rings. The third-order valence-electron chi connectivity index (χ3n) is 5.19. The number of hydrogen-bond donors (Lipinski definition) is 2. The van der Waals surface area contributed by atoms with E-state index in [1.165, 1.54) is 5.56 Å². The number of aliphatic hydroxyl groups is 1. The van der Waals surface area contributed by atoms with Crippen LogP contribution in [0.25, 0.3) is 11.0 Å². The van der Waals surface area contributed by atoms with Gasteiger partial charge in [-0.1, -0.05) is 18.2 Å². The fourth-order valence-corrected chi connectivity index (χ4v) is 3.38. The summed E-state index contributed by atoms with van der Waals surface area (Å²) in [4.78, 5) is 12.1. The summed E-state index contributed by atoms with van der Waals surface area (Å²) in [5.41, 5.74) is 3.43. The molecule has 1 heterocycles. The molecule has 0 saturated carbocycles. The van der Waals surface area contributed by atoms with Gasteiger partial charge in [0.1, 0.15) is 18.5 Å². The molecule has 3 aromatic rings. The zero-order valence-corrected chi connectivity index (χ0v) is 17.9. The van der Waals surface area contributed by atoms with Crippen LogP contribution in [-0.4, -0.2) is 40.6 Å². The van der Waals surface area contributed by atoms with Gasteiger partial charge in [-0.05, 0) is 55.3 Å². The molecule has 7 nitrogen and oxygen atoms in total. The van der Waals surface area contributed by atoms with E-state index in [0.717, 1.165) is 49.3 Å². The molecular weight excluding hydrogens is 382 g/mol. The fourth-order valence-electron chi connectivity index (χ4n) is 3.38. The maximum Gasteiger partial charge on any atom is 0.328 e. The molecule has 0 unspecified atom stereocenters. The first-order chi connectivity index (χ1) is 14.5. The van der Waals surface area contributed by atoms with Crippen molar-refractivity contribution in [2.75, 3.05) is 26.4 Å². The van der Waals surface area contributed by atoms with Crippen LogP contribution in [0.4, 0.5) is 0 Å². The van der Waals surface area contributed by atoms with Gasteiger partial charge in [-0.3, -0.25) is 9.13 Å². The van der Waals surface area contributed by atoms with Gasteiger partial charge in [-0.15, -0.1) is 0 Å². The maximum absolute atomic E-state index is 12.1. The molecule has 1 atom stereocenters. The van der Waals surface area contributed by atoms with Crippen molar-refractivity contribution in [3.05, 3.63) is 64.1 Å². The predicted octanol–water partition coefficient (Wildman–Crippen LogP) is 2.51. The minimum Gasteiger partial charge on any atom is -0.491 e. The van der Waals surface area contributed by atoms with Crippen LogP contribution in [0.15, 0.2) is 47.3 Å². The van der Waals surface area contributed by atoms with Crippen molar-refractivity contribution in [1.29, 1.82) is 0 Å². The summed E-state index contributed by atoms with van der Waals surface area (Å²) in [6.07, 6.45) is 0.215. The number of aliphatic hydroxyl groups excluding tert-OH is 1. The van der Waals surface area contributed by atoms with E-state index in [1.807, 2.05) is 49.4 Å². The molecule has 0 aliphatic heterocycles. The molecule has 7 heteroatoms. The lowest BCUT2D eigenvalue weighted by Crippen LogP contribution is -2.19. The van der Waals surface area contributed by atoms with Gasteiger partial charge in [0.05, 0.1) is 11.0 Å². The normalized spacial score (nSPS) is 12.4. The summed E-state index contributed by atoms with van der Waals surface area (Å²) in [5.74, 6) is 0.710. The average molecular weight is 414 g/mol. The zero-order chi connectivity index (χ0) is 21.5. The molecule has 0 saturated heterocycles. The number of imidazole rings is 1. The van der Waals surface area contributed by atoms with E-state index in [0.29, 0.717) is 5.75 Å². The number of nitrogens with one attached hydrogen (secondary N) is 1. The van der Waals surface area contributed by atoms with Crippen molar-refractivity contribution in [3.8, 4) is 5.75 Å². The summed E-state index contributed by atoms with van der Waals surface area (Å²) in [6, 6.07) is 13.4. The largest absolute Gasteiger partial charge is 0.491 e. The van der Waals surface area contributed by atoms with Gasteiger partial charge < -0.3 is 19.9 Å². The Kier molecular flexibility index (Phi) is 7.68. The molecule has 30 heavy (non-hydrogen) atoms. The van der Waals surface area contributed by atoms with Crippen LogP contribution in [0.2, 0.25) is 0 Å². The Labute approximate surface area is 176 Å². The van der Waals surface area contributed by atoms with Crippen molar-refractivity contribution >= 4 is 11.0 Å². The van der Waals surface area contributed by atoms with Crippen LogP contribution in [0.3, 0.4) is 0 Å². The van der Waals surface area contributed by atoms with Crippen LogP contribution in [0.1, 0.15) is 30.6 Å². The SMILES string of the molecule is CCOCCCNCc1ccc(OC[C@@H](O)c2ccc3c(c2)n(C)c(=O)n3C)cc1. The highest BCUT2D eigenvalue weighted by Gasteiger charge is 2.13. The molecular formula is C23H31N3O4. The number of ether oxygens (including phenoxy) is 2. The van der Waals surface area contributed by atoms with E-state index >= 15 is 0 Å². The highest BCUT2D eigenvalue weighted by molar-refractivity contribution is 5.76. The molecule has 0 radical (unpaired) electrons. The van der Waals surface area contributed by atoms with Crippen LogP contribution >= 0.6 is 0 Å². The third kappa shape index (κ3) is 5.30. The van der Waals surface area contributed by atoms with Crippen LogP contribution < -0.4 is 15.7 Å². The first-order valence-corrected chi connectivity index (χ1v) is 10.3. The molecule has 0 aliphatic carbocycles. The van der Waals surface area contributed by atoms with Crippen molar-refractivity contribution in [3.63, 3.8) is 0 Å². The van der Waals surface area contributed by atoms with Gasteiger partial charge in [-0.2, -0.15) is 0 Å². The standard InChI is InChI=1S/C23H31N3O4/c1-4-29-13-5-12-24-15-17-6-9-19(10-7-17)30-16-22(27)18-8-11-20-21(14-18)26(3)23(28)25(20)2/h6-11,14,22,24,27H,4-5,12-13,15-16H2,1-3H3/t22-/m1/s1. The van der Waals surface area contributed by atoms with Crippen molar-refractivity contribution < 1.29 is 14.6 Å². The van der Waals surface area contributed by atoms with E-state index in [2.05, 4.69) is 5.32 Å². The molecule has 3 rings (SSSR count). The fraction of sp³-hybridized carbons (Fsp3) is 0.435. The first kappa shape index (κ1) is 22.1. The van der Waals surface area contributed by atoms with Gasteiger partial charge in [0.15, 0.2) is 0 Å². The summed E-state index contributed by atoms with van der Waals surface area (Å²) in [6.45, 7) is 5.40. The van der Waals surface area contributed by atoms with Crippen molar-refractivity contribution in [1.82, 2.24) is 14.5 Å². The first-order valence-electron chi connectivity index (χ1n) is 10.3. The maximum atomic E-state index is 12.1. The highest BCUT2D eigenvalue weighted by atomic mass is 16.5. The van der Waals surface area contributed by atoms with E-state index in [4.69, 9.17) is 9.47 Å². The molecule has 1 aromatic heterocycles. The molecule has 2 N–H and O–H groups in total. The van der Waals surface area contributed by atoms with Crippen molar-refractivity contribution in [2.45, 2.75) is 26.0 Å². The summed E-state index contributed by atoms with van der Waals surface area (Å²) >= 11 is 0. The van der Waals surface area contributed by atoms with Gasteiger partial charge in [0, 0.05) is 33.9 Å². The number of aryl methyl sites for hydroxylation is 2. The second-order valence-electron chi connectivity index (χ2n) is 7.35. The zero-order valence-electron chi connectivity index (χ0n) is 17.9. The predicted molar refractivity (Wildman–Crippen MR) is 118 cm³/mol. The molecule has 0 aliphatic rings. The lowest BCUT2D eigenvalue weighted by atomic mass is 10.1. The Morgan fingerprint density at radius 2 is 1.80 bits per heavy atom. The Hall–Kier alpha value is -2.61. The molecule has 162 valence electrons. The quantitative estimate of drug-likeness (QED) is 0.473. The summed E-state index contributed by atoms with van der Waals surface area (Å²) in [7, 11) is 3.47. The van der Waals surface area contributed by atoms with Gasteiger partial charge in [-0.25, -0.2) is 4.79 Å². The van der Waals surface area contributed by atoms with E-state index < -0.39 is 6.10 Å². The molecule has 0 bridgehead atoms. The topological polar surface area (TPSA) is 77.7 Å². The van der Waals surface area contributed by atoms with E-state index in [1.54, 1.807) is 23.2 Å². The van der Waals surface area contributed by atoms with E-state index in [-0.39, 0.29) is 12.3 Å². The minimum atomic E-state index is -0.781. The average Bonchev–Trinajstić information content (AvgIpc) is 2.99. The number of fused-ring (bicyclic) bond motifs is 1. The number of hydrogen-bond acceptors (Lipinski definition) is 5. The van der Waals surface area contributed by atoms with E-state index in [9.17, 15) is 9.90 Å². The summed E-state index contributed by atoms with van der Waals surface area (Å²) < 4.78 is 14.3. The number of nitrogens with zero attached hydrogens (tertiary/aromatic N) is 2. The third-order valence-corrected chi connectivity index (χ3v) is 5.19. The lowest BCUT2D eigenvalue weighted by molar-refractivity contribution is 0.108. The smallest absolute Gasteiger partial charge is 0.328 e. The monoisotopic (exact) mass is 413 g/mol. The second kappa shape index (κ2) is 10.4. The highest BCUT2D eigenvalue weighted by Crippen LogP contribution is 2.21. The van der Waals surface area contributed by atoms with Gasteiger partial charge in [0.2, 0.25) is 0 Å². The Morgan fingerprint density at radius 3 is 2.53 bits per heavy atom. The second-order valence-corrected chi connectivity index (χ2v) is 7.35. The summed E-state index contributed by atoms with van der Waals surface area (Å²) in [5, 5.41) is 13.9. The van der Waals surface area contributed by atoms with Crippen molar-refractivity contribution in [2.24, 2.45) is 14.1 Å². The molecule has 2 aromatic carbocycles. The Balaban J connectivity index is 1.51. The molecule has 0 spiro atoms. The number of benzene rings is 2. The number of aromatic nitrogens is 2. The van der Waals surface area contributed by atoms with Gasteiger partial charge >= 0.3 is 5.69 Å². The minimum absolute atomic E-state index is 0.0863. The lowest BCUT2D eigenvalue weighted by Gasteiger charge is -2.13. The Morgan fingerprint density at radius 1 is 1.07 bits per heavy atom. The molecule has 0 amide bonds. The van der Waals surface area contributed by atoms with Crippen LogP contribution in [-0.2, 0) is 25.4 Å². The Bertz CT molecular complexity index is 1010. The van der Waals surface area contributed by atoms with Crippen LogP contribution in [0.5, 0.6) is 5.75 Å². The van der Waals surface area contributed by atoms with Gasteiger partial charge in [0.25, 0.3) is 0 Å².